The Kier molecular flexibility index (Phi) is 7.89. The van der Waals surface area contributed by atoms with Gasteiger partial charge in [0.2, 0.25) is 5.91 Å². The van der Waals surface area contributed by atoms with Crippen LogP contribution in [0.2, 0.25) is 0 Å². The van der Waals surface area contributed by atoms with E-state index in [1.54, 1.807) is 14.1 Å². The van der Waals surface area contributed by atoms with Crippen LogP contribution in [-0.2, 0) is 11.0 Å². The first-order valence-electron chi connectivity index (χ1n) is 9.27. The molecule has 28 heavy (non-hydrogen) atoms. The van der Waals surface area contributed by atoms with Crippen molar-refractivity contribution in [3.05, 3.63) is 23.9 Å². The van der Waals surface area contributed by atoms with Gasteiger partial charge in [-0.25, -0.2) is 4.98 Å². The van der Waals surface area contributed by atoms with Crippen LogP contribution in [0.3, 0.4) is 0 Å². The summed E-state index contributed by atoms with van der Waals surface area (Å²) in [6.45, 7) is 2.24. The molecule has 1 aromatic heterocycles. The minimum Gasteiger partial charge on any atom is -0.368 e. The number of pyridine rings is 1. The highest BCUT2D eigenvalue weighted by atomic mass is 19.4. The topological polar surface area (TPSA) is 81.7 Å². The molecule has 1 saturated heterocycles. The highest BCUT2D eigenvalue weighted by Crippen LogP contribution is 2.33. The second kappa shape index (κ2) is 10.1. The number of hydrogen-bond donors (Lipinski definition) is 3. The van der Waals surface area contributed by atoms with Crippen molar-refractivity contribution in [2.75, 3.05) is 45.6 Å². The Hall–Kier alpha value is -2.52. The highest BCUT2D eigenvalue weighted by molar-refractivity contribution is 5.80. The van der Waals surface area contributed by atoms with Gasteiger partial charge in [-0.05, 0) is 30.9 Å². The van der Waals surface area contributed by atoms with E-state index in [9.17, 15) is 18.0 Å². The molecule has 0 atom stereocenters. The summed E-state index contributed by atoms with van der Waals surface area (Å²) in [4.78, 5) is 21.6. The molecular formula is C18H27F3N6O. The first kappa shape index (κ1) is 21.8. The molecule has 0 radical (unpaired) electrons. The van der Waals surface area contributed by atoms with Crippen molar-refractivity contribution in [1.29, 1.82) is 0 Å². The van der Waals surface area contributed by atoms with Crippen molar-refractivity contribution in [1.82, 2.24) is 20.5 Å². The molecule has 0 spiro atoms. The number of aliphatic imine (C=N–C) groups is 1. The number of aromatic nitrogens is 1. The van der Waals surface area contributed by atoms with E-state index in [-0.39, 0.29) is 18.3 Å². The average molecular weight is 400 g/mol. The molecule has 0 aromatic carbocycles. The van der Waals surface area contributed by atoms with Gasteiger partial charge in [-0.3, -0.25) is 9.79 Å². The molecular weight excluding hydrogens is 373 g/mol. The van der Waals surface area contributed by atoms with Crippen LogP contribution in [0.4, 0.5) is 19.0 Å². The Labute approximate surface area is 162 Å². The van der Waals surface area contributed by atoms with E-state index in [1.165, 1.54) is 12.3 Å². The molecule has 156 valence electrons. The normalized spacial score (nSPS) is 16.0. The maximum absolute atomic E-state index is 13.0. The molecule has 0 aliphatic carbocycles. The molecule has 0 bridgehead atoms. The standard InChI is InChI=1S/C18H27F3N6O/c1-22-15(28)12-13-5-10-27(11-6-13)17(23-2)26-9-8-25-16-14(18(19,20)21)4-3-7-24-16/h3-4,7,13H,5-6,8-12H2,1-2H3,(H,22,28)(H,23,26)(H,24,25). The highest BCUT2D eigenvalue weighted by Gasteiger charge is 2.34. The third-order valence-corrected chi connectivity index (χ3v) is 4.69. The number of nitrogens with one attached hydrogen (secondary N) is 3. The molecule has 10 heteroatoms. The van der Waals surface area contributed by atoms with Crippen LogP contribution in [0, 0.1) is 5.92 Å². The van der Waals surface area contributed by atoms with Gasteiger partial charge in [0.25, 0.3) is 0 Å². The van der Waals surface area contributed by atoms with Crippen molar-refractivity contribution in [2.45, 2.75) is 25.4 Å². The smallest absolute Gasteiger partial charge is 0.368 e. The van der Waals surface area contributed by atoms with Gasteiger partial charge in [-0.2, -0.15) is 13.2 Å². The molecule has 0 unspecified atom stereocenters. The molecule has 0 saturated carbocycles. The fourth-order valence-corrected chi connectivity index (χ4v) is 3.18. The Morgan fingerprint density at radius 3 is 2.64 bits per heavy atom. The van der Waals surface area contributed by atoms with Gasteiger partial charge in [0.15, 0.2) is 5.96 Å². The lowest BCUT2D eigenvalue weighted by molar-refractivity contribution is -0.137. The number of carbonyl (C=O) groups excluding carboxylic acids is 1. The van der Waals surface area contributed by atoms with Crippen molar-refractivity contribution < 1.29 is 18.0 Å². The van der Waals surface area contributed by atoms with Gasteiger partial charge in [-0.15, -0.1) is 0 Å². The van der Waals surface area contributed by atoms with Gasteiger partial charge >= 0.3 is 6.18 Å². The molecule has 1 aromatic rings. The average Bonchev–Trinajstić information content (AvgIpc) is 2.68. The van der Waals surface area contributed by atoms with E-state index in [0.29, 0.717) is 24.8 Å². The summed E-state index contributed by atoms with van der Waals surface area (Å²) in [7, 11) is 3.31. The maximum Gasteiger partial charge on any atom is 0.419 e. The monoisotopic (exact) mass is 400 g/mol. The summed E-state index contributed by atoms with van der Waals surface area (Å²) in [5.74, 6) is 0.944. The van der Waals surface area contributed by atoms with Gasteiger partial charge in [-0.1, -0.05) is 0 Å². The number of carbonyl (C=O) groups is 1. The van der Waals surface area contributed by atoms with E-state index in [2.05, 4.69) is 30.8 Å². The van der Waals surface area contributed by atoms with Crippen LogP contribution >= 0.6 is 0 Å². The van der Waals surface area contributed by atoms with E-state index in [0.717, 1.165) is 32.0 Å². The lowest BCUT2D eigenvalue weighted by Gasteiger charge is -2.34. The van der Waals surface area contributed by atoms with Gasteiger partial charge in [0.1, 0.15) is 5.82 Å². The number of hydrogen-bond acceptors (Lipinski definition) is 4. The number of alkyl halides is 3. The number of nitrogens with zero attached hydrogens (tertiary/aromatic N) is 3. The molecule has 1 fully saturated rings. The zero-order valence-electron chi connectivity index (χ0n) is 16.1. The number of halogens is 3. The fraction of sp³-hybridized carbons (Fsp3) is 0.611. The molecule has 3 N–H and O–H groups in total. The van der Waals surface area contributed by atoms with Crippen LogP contribution in [-0.4, -0.2) is 62.0 Å². The van der Waals surface area contributed by atoms with Crippen LogP contribution in [0.1, 0.15) is 24.8 Å². The van der Waals surface area contributed by atoms with Crippen molar-refractivity contribution in [3.8, 4) is 0 Å². The Morgan fingerprint density at radius 1 is 1.32 bits per heavy atom. The summed E-state index contributed by atoms with van der Waals surface area (Å²) >= 11 is 0. The Balaban J connectivity index is 1.78. The Bertz CT molecular complexity index is 672. The van der Waals surface area contributed by atoms with E-state index in [1.807, 2.05) is 0 Å². The predicted molar refractivity (Wildman–Crippen MR) is 102 cm³/mol. The first-order chi connectivity index (χ1) is 13.3. The molecule has 1 aliphatic rings. The van der Waals surface area contributed by atoms with E-state index >= 15 is 0 Å². The maximum atomic E-state index is 13.0. The van der Waals surface area contributed by atoms with Crippen LogP contribution in [0.5, 0.6) is 0 Å². The second-order valence-electron chi connectivity index (χ2n) is 6.61. The van der Waals surface area contributed by atoms with E-state index in [4.69, 9.17) is 0 Å². The summed E-state index contributed by atoms with van der Waals surface area (Å²) < 4.78 is 38.9. The first-order valence-corrected chi connectivity index (χ1v) is 9.27. The largest absolute Gasteiger partial charge is 0.419 e. The van der Waals surface area contributed by atoms with E-state index < -0.39 is 11.7 Å². The number of anilines is 1. The van der Waals surface area contributed by atoms with Crippen LogP contribution in [0.15, 0.2) is 23.3 Å². The van der Waals surface area contributed by atoms with Gasteiger partial charge in [0.05, 0.1) is 5.56 Å². The minimum absolute atomic E-state index is 0.0554. The number of piperidine rings is 1. The zero-order chi connectivity index (χ0) is 20.6. The fourth-order valence-electron chi connectivity index (χ4n) is 3.18. The Morgan fingerprint density at radius 2 is 2.04 bits per heavy atom. The predicted octanol–water partition coefficient (Wildman–Crippen LogP) is 1.94. The lowest BCUT2D eigenvalue weighted by Crippen LogP contribution is -2.47. The number of likely N-dealkylation sites (tertiary alicyclic amines) is 1. The summed E-state index contributed by atoms with van der Waals surface area (Å²) in [6, 6.07) is 2.27. The molecule has 1 aliphatic heterocycles. The third kappa shape index (κ3) is 6.28. The second-order valence-corrected chi connectivity index (χ2v) is 6.61. The summed E-state index contributed by atoms with van der Waals surface area (Å²) in [5.41, 5.74) is -0.780. The van der Waals surface area contributed by atoms with Crippen molar-refractivity contribution in [3.63, 3.8) is 0 Å². The number of amides is 1. The number of rotatable bonds is 6. The van der Waals surface area contributed by atoms with Crippen LogP contribution < -0.4 is 16.0 Å². The SMILES string of the molecule is CN=C(NCCNc1ncccc1C(F)(F)F)N1CCC(CC(=O)NC)CC1. The molecule has 7 nitrogen and oxygen atoms in total. The number of guanidine groups is 1. The van der Waals surface area contributed by atoms with Gasteiger partial charge in [0, 0.05) is 52.9 Å². The summed E-state index contributed by atoms with van der Waals surface area (Å²) in [6.07, 6.45) is -0.789. The molecule has 2 rings (SSSR count). The lowest BCUT2D eigenvalue weighted by atomic mass is 9.93. The quantitative estimate of drug-likeness (QED) is 0.386. The van der Waals surface area contributed by atoms with Crippen LogP contribution in [0.25, 0.3) is 0 Å². The molecule has 1 amide bonds. The third-order valence-electron chi connectivity index (χ3n) is 4.69. The zero-order valence-corrected chi connectivity index (χ0v) is 16.1. The minimum atomic E-state index is -4.45. The van der Waals surface area contributed by atoms with Gasteiger partial charge < -0.3 is 20.9 Å². The molecule has 2 heterocycles. The van der Waals surface area contributed by atoms with Crippen molar-refractivity contribution >= 4 is 17.7 Å². The summed E-state index contributed by atoms with van der Waals surface area (Å²) in [5, 5.41) is 8.53. The van der Waals surface area contributed by atoms with Crippen molar-refractivity contribution in [2.24, 2.45) is 10.9 Å².